The SMILES string of the molecule is Nc1nc2nc(C[C@@H](CF)OCP(=O)(O)O)[nH]c2c(=O)[nH]1. The number of anilines is 1. The van der Waals surface area contributed by atoms with Crippen LogP contribution in [0.3, 0.4) is 0 Å². The third-order valence-electron chi connectivity index (χ3n) is 2.50. The van der Waals surface area contributed by atoms with Gasteiger partial charge in [-0.2, -0.15) is 4.98 Å². The smallest absolute Gasteiger partial charge is 0.350 e. The first-order valence-electron chi connectivity index (χ1n) is 5.75. The topological polar surface area (TPSA) is 167 Å². The molecule has 2 aromatic heterocycles. The van der Waals surface area contributed by atoms with Gasteiger partial charge in [0, 0.05) is 6.42 Å². The summed E-state index contributed by atoms with van der Waals surface area (Å²) in [7, 11) is -4.38. The molecule has 12 heteroatoms. The molecular weight excluding hydrogens is 308 g/mol. The maximum atomic E-state index is 12.8. The van der Waals surface area contributed by atoms with Gasteiger partial charge >= 0.3 is 7.60 Å². The molecule has 2 rings (SSSR count). The lowest BCUT2D eigenvalue weighted by atomic mass is 10.2. The quantitative estimate of drug-likeness (QED) is 0.433. The van der Waals surface area contributed by atoms with Crippen LogP contribution >= 0.6 is 7.60 Å². The molecule has 2 heterocycles. The number of aromatic amines is 2. The minimum Gasteiger partial charge on any atom is -0.369 e. The number of alkyl halides is 1. The summed E-state index contributed by atoms with van der Waals surface area (Å²) in [4.78, 5) is 41.6. The van der Waals surface area contributed by atoms with Crippen molar-refractivity contribution in [3.8, 4) is 0 Å². The molecule has 10 nitrogen and oxygen atoms in total. The molecule has 2 aromatic rings. The number of ether oxygens (including phenoxy) is 1. The normalized spacial score (nSPS) is 13.7. The summed E-state index contributed by atoms with van der Waals surface area (Å²) >= 11 is 0. The Balaban J connectivity index is 2.16. The molecule has 0 aliphatic heterocycles. The van der Waals surface area contributed by atoms with Crippen LogP contribution in [0.2, 0.25) is 0 Å². The van der Waals surface area contributed by atoms with Crippen molar-refractivity contribution in [1.29, 1.82) is 0 Å². The molecule has 21 heavy (non-hydrogen) atoms. The van der Waals surface area contributed by atoms with Crippen molar-refractivity contribution in [2.45, 2.75) is 12.5 Å². The average molecular weight is 321 g/mol. The molecule has 0 saturated carbocycles. The zero-order chi connectivity index (χ0) is 15.6. The van der Waals surface area contributed by atoms with Gasteiger partial charge in [-0.15, -0.1) is 0 Å². The van der Waals surface area contributed by atoms with Gasteiger partial charge < -0.3 is 25.2 Å². The van der Waals surface area contributed by atoms with E-state index in [0.29, 0.717) is 0 Å². The molecule has 0 saturated heterocycles. The van der Waals surface area contributed by atoms with Crippen molar-refractivity contribution < 1.29 is 23.5 Å². The van der Waals surface area contributed by atoms with Crippen LogP contribution in [0.15, 0.2) is 4.79 Å². The zero-order valence-electron chi connectivity index (χ0n) is 10.6. The fraction of sp³-hybridized carbons (Fsp3) is 0.444. The molecule has 0 bridgehead atoms. The van der Waals surface area contributed by atoms with Gasteiger partial charge in [0.25, 0.3) is 5.56 Å². The Kier molecular flexibility index (Phi) is 4.37. The van der Waals surface area contributed by atoms with E-state index in [1.165, 1.54) is 0 Å². The van der Waals surface area contributed by atoms with Crippen molar-refractivity contribution in [3.05, 3.63) is 16.2 Å². The second-order valence-corrected chi connectivity index (χ2v) is 5.86. The molecule has 116 valence electrons. The van der Waals surface area contributed by atoms with Crippen molar-refractivity contribution in [1.82, 2.24) is 19.9 Å². The number of nitrogens with two attached hydrogens (primary N) is 1. The average Bonchev–Trinajstić information content (AvgIpc) is 2.76. The molecule has 0 spiro atoms. The lowest BCUT2D eigenvalue weighted by molar-refractivity contribution is 0.0550. The molecule has 0 aliphatic rings. The number of aromatic nitrogens is 4. The van der Waals surface area contributed by atoms with Gasteiger partial charge in [0.2, 0.25) is 5.95 Å². The third kappa shape index (κ3) is 4.08. The van der Waals surface area contributed by atoms with E-state index in [0.717, 1.165) is 0 Å². The molecular formula is C9H13FN5O5P. The number of H-pyrrole nitrogens is 2. The number of rotatable bonds is 6. The summed E-state index contributed by atoms with van der Waals surface area (Å²) in [6.45, 7) is -0.969. The number of nitrogen functional groups attached to an aromatic ring is 1. The van der Waals surface area contributed by atoms with Crippen LogP contribution in [0.1, 0.15) is 5.82 Å². The van der Waals surface area contributed by atoms with E-state index in [2.05, 4.69) is 19.9 Å². The van der Waals surface area contributed by atoms with Crippen molar-refractivity contribution in [2.24, 2.45) is 0 Å². The second-order valence-electron chi connectivity index (χ2n) is 4.27. The Morgan fingerprint density at radius 1 is 1.38 bits per heavy atom. The Morgan fingerprint density at radius 3 is 2.71 bits per heavy atom. The number of nitrogens with zero attached hydrogens (tertiary/aromatic N) is 2. The van der Waals surface area contributed by atoms with E-state index in [4.69, 9.17) is 20.3 Å². The first-order chi connectivity index (χ1) is 9.78. The van der Waals surface area contributed by atoms with Crippen LogP contribution in [0.5, 0.6) is 0 Å². The highest BCUT2D eigenvalue weighted by Gasteiger charge is 2.20. The fourth-order valence-electron chi connectivity index (χ4n) is 1.64. The van der Waals surface area contributed by atoms with E-state index < -0.39 is 32.3 Å². The summed E-state index contributed by atoms with van der Waals surface area (Å²) in [6.07, 6.45) is -2.10. The number of hydrogen-bond donors (Lipinski definition) is 5. The monoisotopic (exact) mass is 321 g/mol. The highest BCUT2D eigenvalue weighted by atomic mass is 31.2. The van der Waals surface area contributed by atoms with E-state index in [9.17, 15) is 13.8 Å². The van der Waals surface area contributed by atoms with Crippen LogP contribution in [-0.4, -0.2) is 48.8 Å². The minimum atomic E-state index is -4.38. The van der Waals surface area contributed by atoms with Crippen LogP contribution in [0.25, 0.3) is 11.2 Å². The zero-order valence-corrected chi connectivity index (χ0v) is 11.5. The first kappa shape index (κ1) is 15.6. The maximum Gasteiger partial charge on any atom is 0.350 e. The van der Waals surface area contributed by atoms with E-state index in [1.54, 1.807) is 0 Å². The Hall–Kier alpha value is -1.81. The molecule has 1 atom stereocenters. The standard InChI is InChI=1S/C9H13FN5O5P/c10-2-4(20-3-21(17,18)19)1-5-12-6-7(13-5)14-9(11)15-8(6)16/h4H,1-3H2,(H2,17,18,19)(H4,11,12,13,14,15,16)/t4-/m0/s1. The predicted octanol–water partition coefficient (Wildman–Crippen LogP) is -0.739. The van der Waals surface area contributed by atoms with Gasteiger partial charge in [0.15, 0.2) is 11.2 Å². The Bertz CT molecular complexity index is 740. The number of halogens is 1. The van der Waals surface area contributed by atoms with Crippen LogP contribution in [0, 0.1) is 0 Å². The molecule has 6 N–H and O–H groups in total. The van der Waals surface area contributed by atoms with Gasteiger partial charge in [-0.25, -0.2) is 9.37 Å². The number of nitrogens with one attached hydrogen (secondary N) is 2. The van der Waals surface area contributed by atoms with Crippen LogP contribution in [0.4, 0.5) is 10.3 Å². The van der Waals surface area contributed by atoms with Gasteiger partial charge in [-0.1, -0.05) is 0 Å². The summed E-state index contributed by atoms with van der Waals surface area (Å²) in [5.41, 5.74) is 4.99. The molecule has 0 fully saturated rings. The maximum absolute atomic E-state index is 12.8. The summed E-state index contributed by atoms with van der Waals surface area (Å²) < 4.78 is 28.3. The molecule has 0 aliphatic carbocycles. The minimum absolute atomic E-state index is 0.0684. The summed E-state index contributed by atoms with van der Waals surface area (Å²) in [5, 5.41) is 0. The molecule has 0 aromatic carbocycles. The Morgan fingerprint density at radius 2 is 2.10 bits per heavy atom. The predicted molar refractivity (Wildman–Crippen MR) is 70.4 cm³/mol. The van der Waals surface area contributed by atoms with E-state index >= 15 is 0 Å². The van der Waals surface area contributed by atoms with Gasteiger partial charge in [0.1, 0.15) is 18.8 Å². The fourth-order valence-corrected chi connectivity index (χ4v) is 2.05. The molecule has 0 radical (unpaired) electrons. The van der Waals surface area contributed by atoms with Crippen LogP contribution in [-0.2, 0) is 15.7 Å². The van der Waals surface area contributed by atoms with Crippen molar-refractivity contribution in [3.63, 3.8) is 0 Å². The summed E-state index contributed by atoms with van der Waals surface area (Å²) in [5.74, 6) is 0.0901. The Labute approximate surface area is 116 Å². The van der Waals surface area contributed by atoms with Gasteiger partial charge in [0.05, 0.1) is 6.10 Å². The highest BCUT2D eigenvalue weighted by Crippen LogP contribution is 2.34. The van der Waals surface area contributed by atoms with Gasteiger partial charge in [-0.05, 0) is 0 Å². The van der Waals surface area contributed by atoms with Crippen molar-refractivity contribution >= 4 is 24.7 Å². The van der Waals surface area contributed by atoms with Crippen LogP contribution < -0.4 is 11.3 Å². The highest BCUT2D eigenvalue weighted by molar-refractivity contribution is 7.51. The number of hydrogen-bond acceptors (Lipinski definition) is 6. The van der Waals surface area contributed by atoms with E-state index in [1.807, 2.05) is 0 Å². The first-order valence-corrected chi connectivity index (χ1v) is 7.55. The van der Waals surface area contributed by atoms with Gasteiger partial charge in [-0.3, -0.25) is 14.3 Å². The number of imidazole rings is 1. The largest absolute Gasteiger partial charge is 0.369 e. The molecule has 0 unspecified atom stereocenters. The lowest BCUT2D eigenvalue weighted by Crippen LogP contribution is -2.20. The summed E-state index contributed by atoms with van der Waals surface area (Å²) in [6, 6.07) is 0. The number of fused-ring (bicyclic) bond motifs is 1. The molecule has 0 amide bonds. The third-order valence-corrected chi connectivity index (χ3v) is 2.99. The van der Waals surface area contributed by atoms with E-state index in [-0.39, 0.29) is 29.4 Å². The van der Waals surface area contributed by atoms with Crippen molar-refractivity contribution in [2.75, 3.05) is 18.8 Å². The lowest BCUT2D eigenvalue weighted by Gasteiger charge is -2.13. The second kappa shape index (κ2) is 5.90.